The summed E-state index contributed by atoms with van der Waals surface area (Å²) in [5.41, 5.74) is 0.641. The van der Waals surface area contributed by atoms with Crippen molar-refractivity contribution in [3.05, 3.63) is 40.3 Å². The van der Waals surface area contributed by atoms with Crippen LogP contribution in [-0.2, 0) is 0 Å². The first kappa shape index (κ1) is 16.8. The van der Waals surface area contributed by atoms with E-state index in [9.17, 15) is 9.59 Å². The first-order valence-corrected chi connectivity index (χ1v) is 9.12. The number of hydrogen-bond acceptors (Lipinski definition) is 6. The summed E-state index contributed by atoms with van der Waals surface area (Å²) >= 11 is 0. The normalized spacial score (nSPS) is 20.2. The van der Waals surface area contributed by atoms with Crippen LogP contribution in [0, 0.1) is 5.92 Å². The van der Waals surface area contributed by atoms with Gasteiger partial charge in [0.2, 0.25) is 5.89 Å². The molecule has 0 spiro atoms. The van der Waals surface area contributed by atoms with Crippen LogP contribution in [0.5, 0.6) is 0 Å². The van der Waals surface area contributed by atoms with Gasteiger partial charge in [0, 0.05) is 38.4 Å². The molecule has 1 N–H and O–H groups in total. The van der Waals surface area contributed by atoms with E-state index in [4.69, 9.17) is 4.42 Å². The highest BCUT2D eigenvalue weighted by Gasteiger charge is 2.29. The third-order valence-corrected chi connectivity index (χ3v) is 5.13. The number of amides is 1. The molecular weight excluding hydrogens is 334 g/mol. The summed E-state index contributed by atoms with van der Waals surface area (Å²) in [6.45, 7) is 2.18. The number of piperidine rings is 1. The van der Waals surface area contributed by atoms with Crippen LogP contribution < -0.4 is 10.7 Å². The lowest BCUT2D eigenvalue weighted by molar-refractivity contribution is 0.0697. The van der Waals surface area contributed by atoms with Crippen molar-refractivity contribution in [2.75, 3.05) is 31.6 Å². The van der Waals surface area contributed by atoms with Crippen molar-refractivity contribution in [2.24, 2.45) is 5.92 Å². The highest BCUT2D eigenvalue weighted by atomic mass is 16.4. The molecule has 4 rings (SSSR count). The van der Waals surface area contributed by atoms with Gasteiger partial charge in [0.1, 0.15) is 5.82 Å². The number of hydrogen-bond donors (Lipinski definition) is 1. The van der Waals surface area contributed by atoms with Gasteiger partial charge in [0.05, 0.1) is 5.92 Å². The summed E-state index contributed by atoms with van der Waals surface area (Å²) in [5, 5.41) is 6.21. The van der Waals surface area contributed by atoms with Gasteiger partial charge < -0.3 is 14.2 Å². The molecule has 1 unspecified atom stereocenters. The van der Waals surface area contributed by atoms with E-state index in [1.807, 2.05) is 18.0 Å². The highest BCUT2D eigenvalue weighted by Crippen LogP contribution is 2.31. The number of pyridine rings is 1. The lowest BCUT2D eigenvalue weighted by Gasteiger charge is -2.31. The number of carbonyl (C=O) groups excluding carboxylic acids is 1. The van der Waals surface area contributed by atoms with Gasteiger partial charge in [-0.1, -0.05) is 0 Å². The van der Waals surface area contributed by atoms with Crippen molar-refractivity contribution >= 4 is 11.7 Å². The van der Waals surface area contributed by atoms with Gasteiger partial charge in [-0.3, -0.25) is 4.79 Å². The lowest BCUT2D eigenvalue weighted by atomic mass is 9.97. The number of aromatic nitrogens is 3. The smallest absolute Gasteiger partial charge is 0.392 e. The van der Waals surface area contributed by atoms with Crippen LogP contribution in [0.1, 0.15) is 47.8 Å². The number of carbonyl (C=O) groups is 1. The average molecular weight is 357 g/mol. The standard InChI is InChI=1S/C18H23N5O3/c1-22(10-12-4-5-12)15-9-13(6-7-19-15)17(24)23-8-2-3-14(11-23)16-20-21-18(25)26-16/h6-7,9,12,14H,2-5,8,10-11H2,1H3,(H,21,25). The summed E-state index contributed by atoms with van der Waals surface area (Å²) in [7, 11) is 2.02. The second-order valence-electron chi connectivity index (χ2n) is 7.27. The molecule has 1 amide bonds. The molecule has 2 aliphatic rings. The number of rotatable bonds is 5. The molecular formula is C18H23N5O3. The van der Waals surface area contributed by atoms with E-state index in [1.165, 1.54) is 12.8 Å². The van der Waals surface area contributed by atoms with E-state index < -0.39 is 5.76 Å². The van der Waals surface area contributed by atoms with Gasteiger partial charge in [-0.15, -0.1) is 5.10 Å². The molecule has 138 valence electrons. The molecule has 0 radical (unpaired) electrons. The zero-order valence-corrected chi connectivity index (χ0v) is 14.9. The van der Waals surface area contributed by atoms with E-state index >= 15 is 0 Å². The monoisotopic (exact) mass is 357 g/mol. The highest BCUT2D eigenvalue weighted by molar-refractivity contribution is 5.95. The van der Waals surface area contributed by atoms with Crippen molar-refractivity contribution in [1.82, 2.24) is 20.1 Å². The van der Waals surface area contributed by atoms with Crippen molar-refractivity contribution < 1.29 is 9.21 Å². The van der Waals surface area contributed by atoms with Gasteiger partial charge in [-0.25, -0.2) is 14.9 Å². The van der Waals surface area contributed by atoms with Crippen LogP contribution >= 0.6 is 0 Å². The van der Waals surface area contributed by atoms with Crippen molar-refractivity contribution in [3.63, 3.8) is 0 Å². The maximum atomic E-state index is 13.0. The van der Waals surface area contributed by atoms with Gasteiger partial charge in [0.15, 0.2) is 0 Å². The zero-order valence-electron chi connectivity index (χ0n) is 14.9. The van der Waals surface area contributed by atoms with Gasteiger partial charge >= 0.3 is 5.76 Å². The van der Waals surface area contributed by atoms with E-state index in [0.717, 1.165) is 31.1 Å². The lowest BCUT2D eigenvalue weighted by Crippen LogP contribution is -2.39. The molecule has 2 aromatic rings. The van der Waals surface area contributed by atoms with Gasteiger partial charge in [0.25, 0.3) is 5.91 Å². The molecule has 0 aromatic carbocycles. The van der Waals surface area contributed by atoms with Gasteiger partial charge in [-0.05, 0) is 43.7 Å². The Bertz CT molecular complexity index is 841. The predicted octanol–water partition coefficient (Wildman–Crippen LogP) is 1.62. The Morgan fingerprint density at radius 2 is 2.27 bits per heavy atom. The van der Waals surface area contributed by atoms with Gasteiger partial charge in [-0.2, -0.15) is 0 Å². The summed E-state index contributed by atoms with van der Waals surface area (Å²) in [6, 6.07) is 3.62. The number of aromatic amines is 1. The van der Waals surface area contributed by atoms with Crippen LogP contribution in [0.4, 0.5) is 5.82 Å². The number of nitrogens with zero attached hydrogens (tertiary/aromatic N) is 4. The second-order valence-corrected chi connectivity index (χ2v) is 7.27. The molecule has 1 aliphatic carbocycles. The van der Waals surface area contributed by atoms with E-state index in [0.29, 0.717) is 24.5 Å². The Labute approximate surface area is 151 Å². The number of likely N-dealkylation sites (tertiary alicyclic amines) is 1. The fraction of sp³-hybridized carbons (Fsp3) is 0.556. The molecule has 8 nitrogen and oxygen atoms in total. The van der Waals surface area contributed by atoms with E-state index in [1.54, 1.807) is 12.3 Å². The summed E-state index contributed by atoms with van der Waals surface area (Å²) in [4.78, 5) is 32.5. The second kappa shape index (κ2) is 6.93. The van der Waals surface area contributed by atoms with Crippen LogP contribution in [0.2, 0.25) is 0 Å². The Morgan fingerprint density at radius 1 is 1.42 bits per heavy atom. The molecule has 1 atom stereocenters. The third-order valence-electron chi connectivity index (χ3n) is 5.13. The maximum absolute atomic E-state index is 13.0. The zero-order chi connectivity index (χ0) is 18.1. The summed E-state index contributed by atoms with van der Waals surface area (Å²) in [6.07, 6.45) is 5.96. The Kier molecular flexibility index (Phi) is 4.48. The van der Waals surface area contributed by atoms with Crippen LogP contribution in [-0.4, -0.2) is 52.7 Å². The molecule has 1 aliphatic heterocycles. The molecule has 26 heavy (non-hydrogen) atoms. The maximum Gasteiger partial charge on any atom is 0.434 e. The molecule has 1 saturated heterocycles. The first-order chi connectivity index (χ1) is 12.6. The predicted molar refractivity (Wildman–Crippen MR) is 95.2 cm³/mol. The number of anilines is 1. The van der Waals surface area contributed by atoms with Crippen molar-refractivity contribution in [2.45, 2.75) is 31.6 Å². The Hall–Kier alpha value is -2.64. The molecule has 0 bridgehead atoms. The Morgan fingerprint density at radius 3 is 3.00 bits per heavy atom. The van der Waals surface area contributed by atoms with Crippen LogP contribution in [0.25, 0.3) is 0 Å². The molecule has 3 heterocycles. The number of H-pyrrole nitrogens is 1. The van der Waals surface area contributed by atoms with E-state index in [-0.39, 0.29) is 11.8 Å². The van der Waals surface area contributed by atoms with Crippen LogP contribution in [0.15, 0.2) is 27.5 Å². The minimum atomic E-state index is -0.555. The quantitative estimate of drug-likeness (QED) is 0.874. The first-order valence-electron chi connectivity index (χ1n) is 9.12. The minimum Gasteiger partial charge on any atom is -0.392 e. The third kappa shape index (κ3) is 3.63. The molecule has 1 saturated carbocycles. The largest absolute Gasteiger partial charge is 0.434 e. The molecule has 2 aromatic heterocycles. The summed E-state index contributed by atoms with van der Waals surface area (Å²) < 4.78 is 5.07. The van der Waals surface area contributed by atoms with E-state index in [2.05, 4.69) is 20.1 Å². The fourth-order valence-electron chi connectivity index (χ4n) is 3.50. The van der Waals surface area contributed by atoms with Crippen molar-refractivity contribution in [1.29, 1.82) is 0 Å². The SMILES string of the molecule is CN(CC1CC1)c1cc(C(=O)N2CCCC(c3n[nH]c(=O)o3)C2)ccn1. The minimum absolute atomic E-state index is 0.0175. The Balaban J connectivity index is 1.47. The number of nitrogens with one attached hydrogen (secondary N) is 1. The summed E-state index contributed by atoms with van der Waals surface area (Å²) in [5.74, 6) is 1.34. The van der Waals surface area contributed by atoms with Crippen LogP contribution in [0.3, 0.4) is 0 Å². The fourth-order valence-corrected chi connectivity index (χ4v) is 3.50. The van der Waals surface area contributed by atoms with Crippen molar-refractivity contribution in [3.8, 4) is 0 Å². The average Bonchev–Trinajstić information content (AvgIpc) is 3.38. The molecule has 8 heteroatoms. The topological polar surface area (TPSA) is 95.3 Å². The molecule has 2 fully saturated rings.